The highest BCUT2D eigenvalue weighted by molar-refractivity contribution is 14.0. The summed E-state index contributed by atoms with van der Waals surface area (Å²) in [4.78, 5) is 6.64. The number of halogens is 2. The molecule has 0 spiro atoms. The van der Waals surface area contributed by atoms with Gasteiger partial charge in [-0.2, -0.15) is 0 Å². The third-order valence-electron chi connectivity index (χ3n) is 4.53. The van der Waals surface area contributed by atoms with Crippen LogP contribution in [0.4, 0.5) is 0 Å². The van der Waals surface area contributed by atoms with Gasteiger partial charge in [0.05, 0.1) is 0 Å². The van der Waals surface area contributed by atoms with Crippen molar-refractivity contribution >= 4 is 45.9 Å². The smallest absolute Gasteiger partial charge is 0.193 e. The third kappa shape index (κ3) is 6.88. The second-order valence-corrected chi connectivity index (χ2v) is 7.15. The van der Waals surface area contributed by atoms with E-state index in [4.69, 9.17) is 4.74 Å². The summed E-state index contributed by atoms with van der Waals surface area (Å²) in [5.41, 5.74) is 2.58. The molecule has 0 bridgehead atoms. The van der Waals surface area contributed by atoms with Crippen LogP contribution in [-0.4, -0.2) is 44.7 Å². The highest BCUT2D eigenvalue weighted by Crippen LogP contribution is 2.19. The van der Waals surface area contributed by atoms with E-state index in [9.17, 15) is 0 Å². The minimum atomic E-state index is 0. The molecule has 0 saturated carbocycles. The van der Waals surface area contributed by atoms with Crippen LogP contribution in [-0.2, 0) is 11.3 Å². The second kappa shape index (κ2) is 11.3. The lowest BCUT2D eigenvalue weighted by molar-refractivity contribution is 0.0625. The van der Waals surface area contributed by atoms with Crippen molar-refractivity contribution in [3.05, 3.63) is 33.8 Å². The molecule has 136 valence electrons. The molecule has 1 aromatic carbocycles. The van der Waals surface area contributed by atoms with E-state index in [1.807, 2.05) is 7.05 Å². The molecule has 1 aliphatic rings. The molecule has 0 amide bonds. The zero-order valence-electron chi connectivity index (χ0n) is 14.8. The van der Waals surface area contributed by atoms with Crippen LogP contribution in [0.15, 0.2) is 27.7 Å². The van der Waals surface area contributed by atoms with E-state index in [0.717, 1.165) is 42.7 Å². The Morgan fingerprint density at radius 2 is 2.08 bits per heavy atom. The topological polar surface area (TPSA) is 36.9 Å². The summed E-state index contributed by atoms with van der Waals surface area (Å²) in [5, 5.41) is 3.47. The van der Waals surface area contributed by atoms with Gasteiger partial charge in [-0.05, 0) is 55.4 Å². The normalized spacial score (nSPS) is 15.8. The zero-order valence-corrected chi connectivity index (χ0v) is 18.8. The summed E-state index contributed by atoms with van der Waals surface area (Å²) in [6, 6.07) is 6.39. The van der Waals surface area contributed by atoms with Gasteiger partial charge in [-0.15, -0.1) is 24.0 Å². The summed E-state index contributed by atoms with van der Waals surface area (Å²) in [6.07, 6.45) is 3.59. The molecule has 1 aliphatic heterocycles. The molecular weight excluding hydrogens is 481 g/mol. The third-order valence-corrected chi connectivity index (χ3v) is 5.02. The van der Waals surface area contributed by atoms with Crippen molar-refractivity contribution in [2.75, 3.05) is 33.9 Å². The summed E-state index contributed by atoms with van der Waals surface area (Å²) in [5.74, 6) is 1.75. The van der Waals surface area contributed by atoms with Crippen molar-refractivity contribution in [2.24, 2.45) is 10.9 Å². The molecule has 0 unspecified atom stereocenters. The Morgan fingerprint density at radius 1 is 1.38 bits per heavy atom. The number of aryl methyl sites for hydroxylation is 1. The van der Waals surface area contributed by atoms with E-state index in [1.165, 1.54) is 30.4 Å². The summed E-state index contributed by atoms with van der Waals surface area (Å²) >= 11 is 3.51. The van der Waals surface area contributed by atoms with Crippen LogP contribution < -0.4 is 5.32 Å². The van der Waals surface area contributed by atoms with Gasteiger partial charge in [0.2, 0.25) is 0 Å². The van der Waals surface area contributed by atoms with Gasteiger partial charge in [-0.25, -0.2) is 0 Å². The molecule has 1 aromatic rings. The molecule has 1 fully saturated rings. The highest BCUT2D eigenvalue weighted by Gasteiger charge is 2.15. The Kier molecular flexibility index (Phi) is 10.2. The first-order valence-corrected chi connectivity index (χ1v) is 9.14. The van der Waals surface area contributed by atoms with Crippen molar-refractivity contribution in [1.82, 2.24) is 10.2 Å². The van der Waals surface area contributed by atoms with Gasteiger partial charge < -0.3 is 15.0 Å². The summed E-state index contributed by atoms with van der Waals surface area (Å²) in [7, 11) is 3.96. The molecule has 0 aliphatic carbocycles. The number of rotatable bonds is 5. The molecule has 6 heteroatoms. The maximum Gasteiger partial charge on any atom is 0.193 e. The van der Waals surface area contributed by atoms with E-state index in [2.05, 4.69) is 63.3 Å². The van der Waals surface area contributed by atoms with Gasteiger partial charge >= 0.3 is 0 Å². The number of ether oxygens (including phenoxy) is 1. The standard InChI is InChI=1S/C18H28BrN3O.HI/c1-14-12-17(19)5-4-16(14)13-21-18(20-2)22(3)9-6-15-7-10-23-11-8-15;/h4-5,12,15H,6-11,13H2,1-3H3,(H,20,21);1H. The van der Waals surface area contributed by atoms with Crippen molar-refractivity contribution in [2.45, 2.75) is 32.7 Å². The van der Waals surface area contributed by atoms with E-state index in [1.54, 1.807) is 0 Å². The number of guanidine groups is 1. The molecule has 0 aromatic heterocycles. The number of nitrogens with one attached hydrogen (secondary N) is 1. The van der Waals surface area contributed by atoms with Crippen LogP contribution in [0.2, 0.25) is 0 Å². The fraction of sp³-hybridized carbons (Fsp3) is 0.611. The monoisotopic (exact) mass is 509 g/mol. The number of hydrogen-bond donors (Lipinski definition) is 1. The lowest BCUT2D eigenvalue weighted by atomic mass is 9.96. The van der Waals surface area contributed by atoms with E-state index >= 15 is 0 Å². The predicted octanol–water partition coefficient (Wildman–Crippen LogP) is 4.20. The Morgan fingerprint density at radius 3 is 2.71 bits per heavy atom. The fourth-order valence-corrected chi connectivity index (χ4v) is 3.41. The fourth-order valence-electron chi connectivity index (χ4n) is 2.93. The minimum absolute atomic E-state index is 0. The molecule has 1 heterocycles. The van der Waals surface area contributed by atoms with Gasteiger partial charge in [0, 0.05) is 44.9 Å². The van der Waals surface area contributed by atoms with Gasteiger partial charge in [0.25, 0.3) is 0 Å². The first-order valence-electron chi connectivity index (χ1n) is 8.34. The molecule has 0 atom stereocenters. The zero-order chi connectivity index (χ0) is 16.7. The average molecular weight is 510 g/mol. The van der Waals surface area contributed by atoms with Gasteiger partial charge in [-0.1, -0.05) is 22.0 Å². The minimum Gasteiger partial charge on any atom is -0.381 e. The van der Waals surface area contributed by atoms with Crippen LogP contribution in [0.5, 0.6) is 0 Å². The second-order valence-electron chi connectivity index (χ2n) is 6.24. The van der Waals surface area contributed by atoms with Gasteiger partial charge in [0.15, 0.2) is 5.96 Å². The first-order chi connectivity index (χ1) is 11.1. The van der Waals surface area contributed by atoms with E-state index in [0.29, 0.717) is 0 Å². The number of benzene rings is 1. The Balaban J connectivity index is 0.00000288. The maximum absolute atomic E-state index is 5.43. The van der Waals surface area contributed by atoms with Crippen LogP contribution >= 0.6 is 39.9 Å². The molecule has 2 rings (SSSR count). The van der Waals surface area contributed by atoms with Crippen LogP contribution in [0.25, 0.3) is 0 Å². The highest BCUT2D eigenvalue weighted by atomic mass is 127. The molecule has 4 nitrogen and oxygen atoms in total. The van der Waals surface area contributed by atoms with Crippen molar-refractivity contribution in [3.63, 3.8) is 0 Å². The van der Waals surface area contributed by atoms with Crippen molar-refractivity contribution in [3.8, 4) is 0 Å². The summed E-state index contributed by atoms with van der Waals surface area (Å²) in [6.45, 7) is 5.81. The Hall–Kier alpha value is -0.340. The molecule has 24 heavy (non-hydrogen) atoms. The Labute approximate surface area is 171 Å². The quantitative estimate of drug-likeness (QED) is 0.367. The van der Waals surface area contributed by atoms with Crippen LogP contribution in [0, 0.1) is 12.8 Å². The molecule has 1 N–H and O–H groups in total. The lowest BCUT2D eigenvalue weighted by Crippen LogP contribution is -2.39. The van der Waals surface area contributed by atoms with Crippen LogP contribution in [0.3, 0.4) is 0 Å². The van der Waals surface area contributed by atoms with Gasteiger partial charge in [-0.3, -0.25) is 4.99 Å². The van der Waals surface area contributed by atoms with Crippen LogP contribution in [0.1, 0.15) is 30.4 Å². The average Bonchev–Trinajstić information content (AvgIpc) is 2.56. The van der Waals surface area contributed by atoms with Gasteiger partial charge in [0.1, 0.15) is 0 Å². The largest absolute Gasteiger partial charge is 0.381 e. The first kappa shape index (κ1) is 21.7. The van der Waals surface area contributed by atoms with Crippen molar-refractivity contribution in [1.29, 1.82) is 0 Å². The number of hydrogen-bond acceptors (Lipinski definition) is 2. The molecular formula is C18H29BrIN3O. The van der Waals surface area contributed by atoms with E-state index < -0.39 is 0 Å². The molecule has 1 saturated heterocycles. The predicted molar refractivity (Wildman–Crippen MR) is 115 cm³/mol. The number of nitrogens with zero attached hydrogens (tertiary/aromatic N) is 2. The number of aliphatic imine (C=N–C) groups is 1. The lowest BCUT2D eigenvalue weighted by Gasteiger charge is -2.27. The Bertz CT molecular complexity index is 533. The van der Waals surface area contributed by atoms with E-state index in [-0.39, 0.29) is 24.0 Å². The summed E-state index contributed by atoms with van der Waals surface area (Å²) < 4.78 is 6.55. The SMILES string of the molecule is CN=C(NCc1ccc(Br)cc1C)N(C)CCC1CCOCC1.I. The maximum atomic E-state index is 5.43. The molecule has 0 radical (unpaired) electrons. The van der Waals surface area contributed by atoms with Crippen molar-refractivity contribution < 1.29 is 4.74 Å².